The molecule has 20 heavy (non-hydrogen) atoms. The number of rotatable bonds is 3. The van der Waals surface area contributed by atoms with Crippen molar-refractivity contribution in [3.8, 4) is 0 Å². The highest BCUT2D eigenvalue weighted by molar-refractivity contribution is 7.10. The van der Waals surface area contributed by atoms with E-state index in [-0.39, 0.29) is 23.4 Å². The molecule has 1 saturated carbocycles. The van der Waals surface area contributed by atoms with Crippen LogP contribution in [0, 0.1) is 0 Å². The molecule has 0 radical (unpaired) electrons. The summed E-state index contributed by atoms with van der Waals surface area (Å²) in [5.74, 6) is -0.0866. The van der Waals surface area contributed by atoms with Crippen molar-refractivity contribution >= 4 is 23.3 Å². The first-order valence-electron chi connectivity index (χ1n) is 7.28. The molecule has 2 heterocycles. The molecule has 0 spiro atoms. The van der Waals surface area contributed by atoms with Gasteiger partial charge in [0.05, 0.1) is 0 Å². The molecule has 0 unspecified atom stereocenters. The largest absolute Gasteiger partial charge is 0.326 e. The molecule has 1 aromatic heterocycles. The lowest BCUT2D eigenvalue weighted by atomic mass is 9.72. The molecule has 2 aliphatic rings. The van der Waals surface area contributed by atoms with Crippen molar-refractivity contribution in [3.63, 3.8) is 0 Å². The molecule has 1 N–H and O–H groups in total. The van der Waals surface area contributed by atoms with Crippen molar-refractivity contribution in [1.29, 1.82) is 0 Å². The van der Waals surface area contributed by atoms with E-state index in [9.17, 15) is 9.59 Å². The van der Waals surface area contributed by atoms with Gasteiger partial charge in [0, 0.05) is 16.8 Å². The van der Waals surface area contributed by atoms with Crippen LogP contribution in [0.3, 0.4) is 0 Å². The predicted molar refractivity (Wildman–Crippen MR) is 78.8 cm³/mol. The topological polar surface area (TPSA) is 49.4 Å². The Morgan fingerprint density at radius 2 is 2.10 bits per heavy atom. The molecule has 1 atom stereocenters. The van der Waals surface area contributed by atoms with Crippen LogP contribution < -0.4 is 5.32 Å². The zero-order chi connectivity index (χ0) is 14.2. The van der Waals surface area contributed by atoms with Crippen LogP contribution in [0.25, 0.3) is 0 Å². The highest BCUT2D eigenvalue weighted by atomic mass is 32.1. The molecule has 1 aliphatic heterocycles. The molecule has 1 aliphatic carbocycles. The second-order valence-electron chi connectivity index (χ2n) is 5.91. The van der Waals surface area contributed by atoms with Crippen LogP contribution in [0.2, 0.25) is 0 Å². The monoisotopic (exact) mass is 292 g/mol. The van der Waals surface area contributed by atoms with Crippen LogP contribution in [-0.2, 0) is 10.2 Å². The van der Waals surface area contributed by atoms with Gasteiger partial charge in [-0.2, -0.15) is 0 Å². The summed E-state index contributed by atoms with van der Waals surface area (Å²) in [6.45, 7) is 2.28. The summed E-state index contributed by atoms with van der Waals surface area (Å²) in [6.07, 6.45) is 5.75. The third kappa shape index (κ3) is 2.24. The molecule has 0 aromatic carbocycles. The van der Waals surface area contributed by atoms with Crippen LogP contribution >= 0.6 is 11.3 Å². The number of thiophene rings is 1. The van der Waals surface area contributed by atoms with E-state index < -0.39 is 0 Å². The number of amides is 3. The van der Waals surface area contributed by atoms with Gasteiger partial charge in [0.15, 0.2) is 0 Å². The van der Waals surface area contributed by atoms with Gasteiger partial charge in [0.1, 0.15) is 6.04 Å². The number of nitrogens with one attached hydrogen (secondary N) is 1. The Bertz CT molecular complexity index is 506. The number of imide groups is 1. The summed E-state index contributed by atoms with van der Waals surface area (Å²) in [5.41, 5.74) is -0.0243. The van der Waals surface area contributed by atoms with Crippen molar-refractivity contribution in [2.45, 2.75) is 50.5 Å². The Morgan fingerprint density at radius 3 is 2.65 bits per heavy atom. The molecule has 3 amide bonds. The second-order valence-corrected chi connectivity index (χ2v) is 6.86. The fourth-order valence-corrected chi connectivity index (χ4v) is 4.38. The van der Waals surface area contributed by atoms with E-state index in [1.54, 1.807) is 18.3 Å². The Kier molecular flexibility index (Phi) is 3.54. The van der Waals surface area contributed by atoms with Gasteiger partial charge in [-0.05, 0) is 31.2 Å². The minimum atomic E-state index is -0.383. The van der Waals surface area contributed by atoms with Crippen LogP contribution in [-0.4, -0.2) is 29.4 Å². The van der Waals surface area contributed by atoms with Gasteiger partial charge in [-0.25, -0.2) is 4.79 Å². The van der Waals surface area contributed by atoms with Gasteiger partial charge in [0.2, 0.25) is 0 Å². The molecule has 1 saturated heterocycles. The van der Waals surface area contributed by atoms with Crippen molar-refractivity contribution < 1.29 is 9.59 Å². The fraction of sp³-hybridized carbons (Fsp3) is 0.600. The van der Waals surface area contributed by atoms with Crippen LogP contribution in [0.15, 0.2) is 17.5 Å². The summed E-state index contributed by atoms with van der Waals surface area (Å²) in [4.78, 5) is 26.9. The second kappa shape index (κ2) is 5.20. The van der Waals surface area contributed by atoms with E-state index in [0.717, 1.165) is 12.8 Å². The maximum atomic E-state index is 12.1. The standard InChI is InChI=1S/C15H20N2O2S/c1-11-13(18)17(14(19)16-11)10-15(7-3-2-4-8-15)12-6-5-9-20-12/h5-6,9,11H,2-4,7-8,10H2,1H3,(H,16,19)/t11-/m0/s1. The molecular weight excluding hydrogens is 272 g/mol. The fourth-order valence-electron chi connectivity index (χ4n) is 3.40. The summed E-state index contributed by atoms with van der Waals surface area (Å²) >= 11 is 1.75. The number of hydrogen-bond acceptors (Lipinski definition) is 3. The first-order chi connectivity index (χ1) is 9.62. The minimum Gasteiger partial charge on any atom is -0.326 e. The Morgan fingerprint density at radius 1 is 1.35 bits per heavy atom. The first-order valence-corrected chi connectivity index (χ1v) is 8.16. The Labute approximate surface area is 123 Å². The number of carbonyl (C=O) groups excluding carboxylic acids is 2. The van der Waals surface area contributed by atoms with Gasteiger partial charge in [0.25, 0.3) is 5.91 Å². The molecule has 1 aromatic rings. The summed E-state index contributed by atoms with van der Waals surface area (Å²) in [5, 5.41) is 4.79. The average Bonchev–Trinajstić information content (AvgIpc) is 3.06. The minimum absolute atomic E-state index is 0.0243. The maximum Gasteiger partial charge on any atom is 0.324 e. The van der Waals surface area contributed by atoms with Gasteiger partial charge >= 0.3 is 6.03 Å². The first kappa shape index (κ1) is 13.6. The van der Waals surface area contributed by atoms with Gasteiger partial charge in [-0.3, -0.25) is 9.69 Å². The highest BCUT2D eigenvalue weighted by Gasteiger charge is 2.43. The van der Waals surface area contributed by atoms with Crippen LogP contribution in [0.5, 0.6) is 0 Å². The zero-order valence-electron chi connectivity index (χ0n) is 11.7. The zero-order valence-corrected chi connectivity index (χ0v) is 12.5. The average molecular weight is 292 g/mol. The summed E-state index contributed by atoms with van der Waals surface area (Å²) in [6, 6.07) is 3.60. The molecule has 108 valence electrons. The normalized spacial score (nSPS) is 25.9. The predicted octanol–water partition coefficient (Wildman–Crippen LogP) is 2.89. The highest BCUT2D eigenvalue weighted by Crippen LogP contribution is 2.42. The summed E-state index contributed by atoms with van der Waals surface area (Å²) < 4.78 is 0. The Balaban J connectivity index is 1.88. The van der Waals surface area contributed by atoms with Gasteiger partial charge in [-0.15, -0.1) is 11.3 Å². The van der Waals surface area contributed by atoms with E-state index in [0.29, 0.717) is 6.54 Å². The number of nitrogens with zero attached hydrogens (tertiary/aromatic N) is 1. The molecular formula is C15H20N2O2S. The maximum absolute atomic E-state index is 12.1. The van der Waals surface area contributed by atoms with E-state index in [2.05, 4.69) is 22.8 Å². The van der Waals surface area contributed by atoms with Crippen LogP contribution in [0.1, 0.15) is 43.9 Å². The van der Waals surface area contributed by atoms with Crippen LogP contribution in [0.4, 0.5) is 4.79 Å². The van der Waals surface area contributed by atoms with E-state index >= 15 is 0 Å². The van der Waals surface area contributed by atoms with E-state index in [1.807, 2.05) is 0 Å². The summed E-state index contributed by atoms with van der Waals surface area (Å²) in [7, 11) is 0. The number of urea groups is 1. The third-order valence-electron chi connectivity index (χ3n) is 4.54. The molecule has 3 rings (SSSR count). The van der Waals surface area contributed by atoms with E-state index in [4.69, 9.17) is 0 Å². The molecule has 2 fully saturated rings. The molecule has 5 heteroatoms. The molecule has 4 nitrogen and oxygen atoms in total. The lowest BCUT2D eigenvalue weighted by Gasteiger charge is -2.38. The van der Waals surface area contributed by atoms with Crippen molar-refractivity contribution in [3.05, 3.63) is 22.4 Å². The number of hydrogen-bond donors (Lipinski definition) is 1. The van der Waals surface area contributed by atoms with Gasteiger partial charge < -0.3 is 5.32 Å². The van der Waals surface area contributed by atoms with E-state index in [1.165, 1.54) is 29.0 Å². The van der Waals surface area contributed by atoms with Crippen molar-refractivity contribution in [2.75, 3.05) is 6.54 Å². The Hall–Kier alpha value is -1.36. The molecule has 0 bridgehead atoms. The van der Waals surface area contributed by atoms with Crippen molar-refractivity contribution in [2.24, 2.45) is 0 Å². The smallest absolute Gasteiger partial charge is 0.324 e. The third-order valence-corrected chi connectivity index (χ3v) is 5.65. The van der Waals surface area contributed by atoms with Crippen molar-refractivity contribution in [1.82, 2.24) is 10.2 Å². The number of carbonyl (C=O) groups is 2. The lowest BCUT2D eigenvalue weighted by molar-refractivity contribution is -0.127. The quantitative estimate of drug-likeness (QED) is 0.871. The lowest BCUT2D eigenvalue weighted by Crippen LogP contribution is -2.45. The SMILES string of the molecule is C[C@@H]1NC(=O)N(CC2(c3cccs3)CCCCC2)C1=O. The van der Waals surface area contributed by atoms with Gasteiger partial charge in [-0.1, -0.05) is 25.3 Å².